The first-order valence-corrected chi connectivity index (χ1v) is 12.4. The van der Waals surface area contributed by atoms with Crippen LogP contribution >= 0.6 is 119 Å². The Morgan fingerprint density at radius 2 is 0.941 bits per heavy atom. The lowest BCUT2D eigenvalue weighted by atomic mass is 10.9. The quantitative estimate of drug-likeness (QED) is 0.476. The van der Waals surface area contributed by atoms with Crippen molar-refractivity contribution in [3.05, 3.63) is 0 Å². The van der Waals surface area contributed by atoms with E-state index in [9.17, 15) is 0 Å². The molecule has 1 spiro atoms. The van der Waals surface area contributed by atoms with E-state index >= 15 is 0 Å². The minimum absolute atomic E-state index is 0.316. The van der Waals surface area contributed by atoms with Gasteiger partial charge in [0.1, 0.15) is 7.06 Å². The Hall–Kier alpha value is 2.98. The van der Waals surface area contributed by atoms with Crippen LogP contribution in [0.5, 0.6) is 0 Å². The lowest BCUT2D eigenvalue weighted by molar-refractivity contribution is 1.41. The van der Waals surface area contributed by atoms with Crippen LogP contribution in [0.25, 0.3) is 0 Å². The van der Waals surface area contributed by atoms with Gasteiger partial charge in [-0.15, -0.1) is 47.0 Å². The molecule has 4 rings (SSSR count). The van der Waals surface area contributed by atoms with Crippen molar-refractivity contribution in [2.45, 2.75) is 21.1 Å². The fourth-order valence-corrected chi connectivity index (χ4v) is 22.5. The summed E-state index contributed by atoms with van der Waals surface area (Å²) < 4.78 is 5.24. The summed E-state index contributed by atoms with van der Waals surface area (Å²) >= 11 is 26.7. The fraction of sp³-hybridized carbons (Fsp3) is 0.714. The summed E-state index contributed by atoms with van der Waals surface area (Å²) in [5, 5.41) is 0. The molecule has 0 N–H and O–H groups in total. The Morgan fingerprint density at radius 3 is 1.24 bits per heavy atom. The van der Waals surface area contributed by atoms with E-state index in [1.807, 2.05) is 47.0 Å². The summed E-state index contributed by atoms with van der Waals surface area (Å²) in [5.74, 6) is 0. The first kappa shape index (κ1) is 13.6. The Morgan fingerprint density at radius 1 is 0.647 bits per heavy atom. The molecule has 4 aliphatic rings. The Balaban J connectivity index is 1.51. The van der Waals surface area contributed by atoms with Crippen molar-refractivity contribution in [2.24, 2.45) is 0 Å². The zero-order valence-electron chi connectivity index (χ0n) is 7.89. The van der Waals surface area contributed by atoms with Crippen molar-refractivity contribution in [1.82, 2.24) is 0 Å². The molecule has 0 aliphatic carbocycles. The number of fused-ring (bicyclic) bond motifs is 2. The highest BCUT2D eigenvalue weighted by atomic mass is 32.3. The molecule has 0 bridgehead atoms. The second-order valence-corrected chi connectivity index (χ2v) is 18.6. The maximum absolute atomic E-state index is 5.29. The van der Waals surface area contributed by atoms with Gasteiger partial charge in [0.2, 0.25) is 0 Å². The lowest BCUT2D eigenvalue weighted by Gasteiger charge is -2.21. The van der Waals surface area contributed by atoms with Gasteiger partial charge < -0.3 is 0 Å². The van der Waals surface area contributed by atoms with Crippen LogP contribution in [0.3, 0.4) is 0 Å². The molecule has 0 nitrogen and oxygen atoms in total. The van der Waals surface area contributed by atoms with Gasteiger partial charge in [0.25, 0.3) is 0 Å². The average molecular weight is 409 g/mol. The zero-order chi connectivity index (χ0) is 11.6. The molecule has 0 amide bonds. The third-order valence-electron chi connectivity index (χ3n) is 2.34. The van der Waals surface area contributed by atoms with E-state index in [4.69, 9.17) is 24.4 Å². The third kappa shape index (κ3) is 2.48. The molecule has 17 heavy (non-hydrogen) atoms. The molecule has 4 atom stereocenters. The first-order valence-electron chi connectivity index (χ1n) is 4.59. The first-order chi connectivity index (χ1) is 8.13. The fourth-order valence-electron chi connectivity index (χ4n) is 1.71. The maximum Gasteiger partial charge on any atom is 0.158 e. The van der Waals surface area contributed by atoms with E-state index in [-0.39, 0.29) is 0 Å². The second kappa shape index (κ2) is 5.01. The van der Waals surface area contributed by atoms with Gasteiger partial charge in [0.05, 0.1) is 18.3 Å². The minimum Gasteiger partial charge on any atom is -0.106 e. The highest BCUT2D eigenvalue weighted by Crippen LogP contribution is 2.79. The van der Waals surface area contributed by atoms with Crippen molar-refractivity contribution >= 4 is 126 Å². The van der Waals surface area contributed by atoms with Gasteiger partial charge in [-0.1, -0.05) is 71.5 Å². The van der Waals surface area contributed by atoms with E-state index < -0.39 is 0 Å². The van der Waals surface area contributed by atoms with Crippen molar-refractivity contribution in [1.29, 1.82) is 0 Å². The largest absolute Gasteiger partial charge is 0.158 e. The molecule has 10 heteroatoms. The van der Waals surface area contributed by atoms with E-state index in [2.05, 4.69) is 47.0 Å². The molecule has 0 radical (unpaired) electrons. The Labute approximate surface area is 145 Å². The van der Waals surface area contributed by atoms with Crippen molar-refractivity contribution in [3.8, 4) is 0 Å². The summed E-state index contributed by atoms with van der Waals surface area (Å²) in [4.78, 5) is 0. The van der Waals surface area contributed by atoms with Crippen molar-refractivity contribution in [2.75, 3.05) is 0 Å². The predicted molar refractivity (Wildman–Crippen MR) is 104 cm³/mol. The van der Waals surface area contributed by atoms with Crippen LogP contribution in [-0.4, -0.2) is 28.1 Å². The molecule has 0 aromatic rings. The average Bonchev–Trinajstić information content (AvgIpc) is 2.85. The summed E-state index contributed by atoms with van der Waals surface area (Å²) in [5.41, 5.74) is 0. The van der Waals surface area contributed by atoms with Gasteiger partial charge in [-0.05, 0) is 0 Å². The SMILES string of the molecule is S=C1SC2SC3(SC2S1)SC1SC(=S)SC1S3. The third-order valence-corrected chi connectivity index (χ3v) is 17.8. The molecular weight excluding hydrogens is 405 g/mol. The molecule has 0 aromatic carbocycles. The Bertz CT molecular complexity index is 332. The van der Waals surface area contributed by atoms with Crippen LogP contribution < -0.4 is 0 Å². The zero-order valence-corrected chi connectivity index (χ0v) is 16.1. The van der Waals surface area contributed by atoms with Crippen LogP contribution in [0.2, 0.25) is 0 Å². The summed E-state index contributed by atoms with van der Waals surface area (Å²) in [6.07, 6.45) is 0. The number of hydrogen-bond donors (Lipinski definition) is 0. The standard InChI is InChI=1S/C7H4S10/c8-5-10-1-2(11-5)15-7(14-1)16-3-4(17-7)13-6(9)12-3/h1-4H. The van der Waals surface area contributed by atoms with Crippen LogP contribution in [0.15, 0.2) is 0 Å². The number of hydrogen-bond acceptors (Lipinski definition) is 10. The molecule has 4 unspecified atom stereocenters. The van der Waals surface area contributed by atoms with Crippen LogP contribution in [0.4, 0.5) is 0 Å². The van der Waals surface area contributed by atoms with Crippen LogP contribution in [0.1, 0.15) is 0 Å². The number of rotatable bonds is 0. The van der Waals surface area contributed by atoms with E-state index in [0.29, 0.717) is 21.1 Å². The number of thioether (sulfide) groups is 8. The molecule has 4 fully saturated rings. The van der Waals surface area contributed by atoms with Crippen LogP contribution in [-0.2, 0) is 0 Å². The van der Waals surface area contributed by atoms with Crippen LogP contribution in [0, 0.1) is 0 Å². The molecule has 4 saturated heterocycles. The summed E-state index contributed by atoms with van der Waals surface area (Å²) in [6, 6.07) is 0. The van der Waals surface area contributed by atoms with Gasteiger partial charge in [0.15, 0.2) is 2.74 Å². The van der Waals surface area contributed by atoms with Crippen molar-refractivity contribution in [3.63, 3.8) is 0 Å². The Kier molecular flexibility index (Phi) is 4.02. The molecule has 0 saturated carbocycles. The normalized spacial score (nSPS) is 52.5. The highest BCUT2D eigenvalue weighted by molar-refractivity contribution is 8.66. The summed E-state index contributed by atoms with van der Waals surface area (Å²) in [7, 11) is 0. The monoisotopic (exact) mass is 408 g/mol. The molecular formula is C7H4S10. The van der Waals surface area contributed by atoms with Gasteiger partial charge in [0, 0.05) is 0 Å². The predicted octanol–water partition coefficient (Wildman–Crippen LogP) is 5.39. The second-order valence-electron chi connectivity index (χ2n) is 3.42. The number of thiocarbonyl (C=S) groups is 2. The molecule has 4 aliphatic heterocycles. The van der Waals surface area contributed by atoms with Gasteiger partial charge in [-0.2, -0.15) is 0 Å². The van der Waals surface area contributed by atoms with Gasteiger partial charge >= 0.3 is 0 Å². The topological polar surface area (TPSA) is 0 Å². The smallest absolute Gasteiger partial charge is 0.106 e. The molecule has 92 valence electrons. The molecule has 4 heterocycles. The highest BCUT2D eigenvalue weighted by Gasteiger charge is 2.60. The van der Waals surface area contributed by atoms with Gasteiger partial charge in [-0.3, -0.25) is 0 Å². The van der Waals surface area contributed by atoms with E-state index in [1.54, 1.807) is 0 Å². The maximum atomic E-state index is 5.29. The van der Waals surface area contributed by atoms with Gasteiger partial charge in [-0.25, -0.2) is 0 Å². The minimum atomic E-state index is 0.316. The van der Waals surface area contributed by atoms with E-state index in [0.717, 1.165) is 7.06 Å². The lowest BCUT2D eigenvalue weighted by Crippen LogP contribution is -2.02. The van der Waals surface area contributed by atoms with E-state index in [1.165, 1.54) is 0 Å². The molecule has 0 aromatic heterocycles. The summed E-state index contributed by atoms with van der Waals surface area (Å²) in [6.45, 7) is 0. The van der Waals surface area contributed by atoms with Crippen molar-refractivity contribution < 1.29 is 0 Å².